The minimum atomic E-state index is 0.109. The summed E-state index contributed by atoms with van der Waals surface area (Å²) in [6.07, 6.45) is 0.591. The number of phenolic OH excluding ortho intramolecular Hbond substituents is 1. The Labute approximate surface area is 108 Å². The van der Waals surface area contributed by atoms with Gasteiger partial charge in [-0.15, -0.1) is 14.1 Å². The molecule has 0 saturated heterocycles. The highest BCUT2D eigenvalue weighted by atomic mass is 16.3. The molecular formula is C14H13N3O2. The zero-order chi connectivity index (χ0) is 13.0. The van der Waals surface area contributed by atoms with E-state index >= 15 is 0 Å². The number of fused-ring (bicyclic) bond motifs is 4. The molecule has 0 bridgehead atoms. The fraction of sp³-hybridized carbons (Fsp3) is 0.143. The highest BCUT2D eigenvalue weighted by Gasteiger charge is 2.25. The Morgan fingerprint density at radius 2 is 1.63 bits per heavy atom. The summed E-state index contributed by atoms with van der Waals surface area (Å²) in [4.78, 5) is 1.92. The van der Waals surface area contributed by atoms with E-state index in [1.165, 1.54) is 0 Å². The number of hydrogen-bond donors (Lipinski definition) is 2. The van der Waals surface area contributed by atoms with Crippen LogP contribution in [0.2, 0.25) is 0 Å². The van der Waals surface area contributed by atoms with E-state index in [2.05, 4.69) is 0 Å². The molecule has 4 rings (SSSR count). The number of aromatic hydroxyl groups is 1. The predicted octanol–water partition coefficient (Wildman–Crippen LogP) is 1.66. The van der Waals surface area contributed by atoms with Crippen molar-refractivity contribution in [3.8, 4) is 11.4 Å². The average Bonchev–Trinajstić information content (AvgIpc) is 3.07. The number of rotatable bonds is 3. The Bertz CT molecular complexity index is 810. The van der Waals surface area contributed by atoms with Crippen LogP contribution in [0.3, 0.4) is 0 Å². The summed E-state index contributed by atoms with van der Waals surface area (Å²) in [6.45, 7) is 0.109. The molecule has 5 heteroatoms. The van der Waals surface area contributed by atoms with Crippen LogP contribution in [0.4, 0.5) is 0 Å². The van der Waals surface area contributed by atoms with Gasteiger partial charge in [0.15, 0.2) is 0 Å². The normalized spacial score (nSPS) is 12.1. The molecule has 4 aromatic rings. The molecule has 0 unspecified atom stereocenters. The summed E-state index contributed by atoms with van der Waals surface area (Å²) >= 11 is 0. The Hall–Kier alpha value is -2.40. The van der Waals surface area contributed by atoms with Crippen LogP contribution in [-0.4, -0.2) is 30.9 Å². The predicted molar refractivity (Wildman–Crippen MR) is 71.3 cm³/mol. The SMILES string of the molecule is OCCc1ccc(O)c(-n2n3c4ccccc4n23)c1. The van der Waals surface area contributed by atoms with Crippen molar-refractivity contribution in [2.24, 2.45) is 0 Å². The van der Waals surface area contributed by atoms with E-state index in [9.17, 15) is 5.11 Å². The van der Waals surface area contributed by atoms with Crippen molar-refractivity contribution in [1.29, 1.82) is 0 Å². The van der Waals surface area contributed by atoms with Crippen molar-refractivity contribution in [2.45, 2.75) is 6.42 Å². The Morgan fingerprint density at radius 3 is 2.26 bits per heavy atom. The molecule has 0 amide bonds. The van der Waals surface area contributed by atoms with E-state index < -0.39 is 0 Å². The number of para-hydroxylation sites is 2. The summed E-state index contributed by atoms with van der Waals surface area (Å²) in [5, 5.41) is 19.0. The number of aliphatic hydroxyl groups is 1. The van der Waals surface area contributed by atoms with Crippen molar-refractivity contribution in [1.82, 2.24) is 14.1 Å². The van der Waals surface area contributed by atoms with Crippen molar-refractivity contribution in [2.75, 3.05) is 6.61 Å². The van der Waals surface area contributed by atoms with E-state index in [1.54, 1.807) is 6.07 Å². The molecule has 2 aromatic heterocycles. The van der Waals surface area contributed by atoms with E-state index in [0.717, 1.165) is 22.3 Å². The molecular weight excluding hydrogens is 242 g/mol. The molecule has 19 heavy (non-hydrogen) atoms. The van der Waals surface area contributed by atoms with Gasteiger partial charge in [0.1, 0.15) is 22.5 Å². The lowest BCUT2D eigenvalue weighted by Gasteiger charge is -2.02. The first-order valence-electron chi connectivity index (χ1n) is 6.23. The average molecular weight is 255 g/mol. The standard InChI is InChI=1S/C14H13N3O2/c18-8-7-10-5-6-14(19)13(9-10)17-15-11-3-1-2-4-12(11)16(15)17/h1-6,9,18-19H,7-8H2. The summed E-state index contributed by atoms with van der Waals surface area (Å²) in [6, 6.07) is 13.5. The maximum atomic E-state index is 10.00. The van der Waals surface area contributed by atoms with Crippen molar-refractivity contribution in [3.05, 3.63) is 48.0 Å². The van der Waals surface area contributed by atoms with Crippen LogP contribution in [0.15, 0.2) is 42.5 Å². The van der Waals surface area contributed by atoms with Gasteiger partial charge in [0.05, 0.1) is 0 Å². The van der Waals surface area contributed by atoms with Crippen LogP contribution < -0.4 is 0 Å². The van der Waals surface area contributed by atoms with Crippen molar-refractivity contribution >= 4 is 11.0 Å². The van der Waals surface area contributed by atoms with Gasteiger partial charge < -0.3 is 10.2 Å². The van der Waals surface area contributed by atoms with Crippen LogP contribution in [0.25, 0.3) is 16.7 Å². The lowest BCUT2D eigenvalue weighted by molar-refractivity contribution is 0.299. The first kappa shape index (κ1) is 10.5. The van der Waals surface area contributed by atoms with Gasteiger partial charge in [0, 0.05) is 6.61 Å². The van der Waals surface area contributed by atoms with Gasteiger partial charge in [-0.3, -0.25) is 0 Å². The van der Waals surface area contributed by atoms with Gasteiger partial charge in [-0.25, -0.2) is 0 Å². The molecule has 96 valence electrons. The monoisotopic (exact) mass is 255 g/mol. The Morgan fingerprint density at radius 1 is 0.947 bits per heavy atom. The lowest BCUT2D eigenvalue weighted by Crippen LogP contribution is -1.93. The van der Waals surface area contributed by atoms with Crippen LogP contribution in [-0.2, 0) is 6.42 Å². The van der Waals surface area contributed by atoms with Gasteiger partial charge in [-0.1, -0.05) is 18.2 Å². The van der Waals surface area contributed by atoms with Crippen molar-refractivity contribution in [3.63, 3.8) is 0 Å². The van der Waals surface area contributed by atoms with Crippen LogP contribution >= 0.6 is 0 Å². The minimum absolute atomic E-state index is 0.109. The Kier molecular flexibility index (Phi) is 1.97. The van der Waals surface area contributed by atoms with E-state index in [4.69, 9.17) is 5.11 Å². The summed E-state index contributed by atoms with van der Waals surface area (Å²) in [5.41, 5.74) is 4.01. The summed E-state index contributed by atoms with van der Waals surface area (Å²) in [7, 11) is 0. The van der Waals surface area contributed by atoms with Crippen molar-refractivity contribution < 1.29 is 10.2 Å². The third-order valence-corrected chi connectivity index (χ3v) is 3.48. The number of phenols is 1. The second-order valence-electron chi connectivity index (χ2n) is 4.65. The number of nitrogens with zero attached hydrogens (tertiary/aromatic N) is 3. The van der Waals surface area contributed by atoms with Gasteiger partial charge in [0.2, 0.25) is 0 Å². The molecule has 5 nitrogen and oxygen atoms in total. The zero-order valence-corrected chi connectivity index (χ0v) is 10.2. The fourth-order valence-electron chi connectivity index (χ4n) is 2.51. The maximum Gasteiger partial charge on any atom is 0.143 e. The van der Waals surface area contributed by atoms with Gasteiger partial charge >= 0.3 is 0 Å². The molecule has 0 saturated carbocycles. The van der Waals surface area contributed by atoms with Crippen LogP contribution in [0, 0.1) is 0 Å². The number of benzene rings is 2. The van der Waals surface area contributed by atoms with Crippen LogP contribution in [0.5, 0.6) is 5.75 Å². The summed E-state index contributed by atoms with van der Waals surface area (Å²) < 4.78 is 3.99. The first-order chi connectivity index (χ1) is 9.31. The molecule has 0 aliphatic carbocycles. The third kappa shape index (κ3) is 1.33. The van der Waals surface area contributed by atoms with E-state index in [1.807, 2.05) is 50.5 Å². The number of hydrogen-bond acceptors (Lipinski definition) is 2. The van der Waals surface area contributed by atoms with E-state index in [-0.39, 0.29) is 12.4 Å². The fourth-order valence-corrected chi connectivity index (χ4v) is 2.51. The molecule has 0 fully saturated rings. The molecule has 2 N–H and O–H groups in total. The first-order valence-corrected chi connectivity index (χ1v) is 6.23. The van der Waals surface area contributed by atoms with Gasteiger partial charge in [-0.05, 0) is 36.2 Å². The highest BCUT2D eigenvalue weighted by molar-refractivity contribution is 5.79. The summed E-state index contributed by atoms with van der Waals surface area (Å²) in [5.74, 6) is 0.238. The lowest BCUT2D eigenvalue weighted by atomic mass is 10.1. The van der Waals surface area contributed by atoms with Gasteiger partial charge in [-0.2, -0.15) is 0 Å². The van der Waals surface area contributed by atoms with E-state index in [0.29, 0.717) is 6.42 Å². The van der Waals surface area contributed by atoms with Crippen LogP contribution in [0.1, 0.15) is 5.56 Å². The topological polar surface area (TPSA) is 54.2 Å². The minimum Gasteiger partial charge on any atom is -0.506 e. The second-order valence-corrected chi connectivity index (χ2v) is 4.65. The number of aliphatic hydroxyl groups excluding tert-OH is 1. The van der Waals surface area contributed by atoms with Gasteiger partial charge in [0.25, 0.3) is 0 Å². The molecule has 0 radical (unpaired) electrons. The molecule has 0 aliphatic rings. The number of aromatic nitrogens is 3. The zero-order valence-electron chi connectivity index (χ0n) is 10.2. The third-order valence-electron chi connectivity index (χ3n) is 3.48. The molecule has 2 heterocycles. The molecule has 0 aliphatic heterocycles. The highest BCUT2D eigenvalue weighted by Crippen LogP contribution is 2.30. The largest absolute Gasteiger partial charge is 0.506 e. The molecule has 2 aromatic carbocycles. The maximum absolute atomic E-state index is 10.00. The smallest absolute Gasteiger partial charge is 0.143 e. The Balaban J connectivity index is 1.87. The second kappa shape index (κ2) is 3.55. The molecule has 0 atom stereocenters. The molecule has 0 spiro atoms. The quantitative estimate of drug-likeness (QED) is 0.585.